The van der Waals surface area contributed by atoms with Crippen LogP contribution in [0.2, 0.25) is 0 Å². The van der Waals surface area contributed by atoms with Crippen molar-refractivity contribution in [1.82, 2.24) is 15.1 Å². The Morgan fingerprint density at radius 2 is 1.94 bits per heavy atom. The van der Waals surface area contributed by atoms with Gasteiger partial charge >= 0.3 is 0 Å². The number of nitrogen functional groups attached to an aromatic ring is 2. The van der Waals surface area contributed by atoms with E-state index in [2.05, 4.69) is 15.1 Å². The molecule has 0 bridgehead atoms. The molecular weight excluding hydrogens is 226 g/mol. The average Bonchev–Trinajstić information content (AvgIpc) is 2.60. The first-order valence-corrected chi connectivity index (χ1v) is 5.57. The number of anilines is 2. The summed E-state index contributed by atoms with van der Waals surface area (Å²) in [6.45, 7) is 1.87. The molecule has 0 atom stereocenters. The zero-order chi connectivity index (χ0) is 11.5. The second kappa shape index (κ2) is 4.40. The van der Waals surface area contributed by atoms with Crippen LogP contribution in [0.3, 0.4) is 0 Å². The number of hydrogen-bond donors (Lipinski definition) is 2. The van der Waals surface area contributed by atoms with Crippen LogP contribution in [-0.2, 0) is 5.75 Å². The number of rotatable bonds is 3. The van der Waals surface area contributed by atoms with Crippen molar-refractivity contribution in [3.05, 3.63) is 23.6 Å². The monoisotopic (exact) mass is 237 g/mol. The summed E-state index contributed by atoms with van der Waals surface area (Å²) >= 11 is 1.40. The Kier molecular flexibility index (Phi) is 2.95. The van der Waals surface area contributed by atoms with Crippen LogP contribution in [0, 0.1) is 6.92 Å². The van der Waals surface area contributed by atoms with Crippen molar-refractivity contribution in [2.45, 2.75) is 17.8 Å². The van der Waals surface area contributed by atoms with E-state index in [1.54, 1.807) is 0 Å². The largest absolute Gasteiger partial charge is 0.383 e. The van der Waals surface area contributed by atoms with Crippen molar-refractivity contribution >= 4 is 23.4 Å². The maximum Gasteiger partial charge on any atom is 0.191 e. The third-order valence-electron chi connectivity index (χ3n) is 1.77. The van der Waals surface area contributed by atoms with Crippen molar-refractivity contribution < 1.29 is 4.52 Å². The standard InChI is InChI=1S/C9H11N5OS/c1-5-2-6(15-14-5)4-16-9-12-7(10)3-8(11)13-9/h2-3H,4H2,1H3,(H4,10,11,12,13). The van der Waals surface area contributed by atoms with E-state index in [0.29, 0.717) is 22.5 Å². The van der Waals surface area contributed by atoms with Gasteiger partial charge in [-0.2, -0.15) is 0 Å². The van der Waals surface area contributed by atoms with E-state index < -0.39 is 0 Å². The van der Waals surface area contributed by atoms with E-state index >= 15 is 0 Å². The highest BCUT2D eigenvalue weighted by Crippen LogP contribution is 2.21. The second-order valence-corrected chi connectivity index (χ2v) is 4.17. The number of aryl methyl sites for hydroxylation is 1. The summed E-state index contributed by atoms with van der Waals surface area (Å²) in [5, 5.41) is 4.32. The normalized spacial score (nSPS) is 10.6. The summed E-state index contributed by atoms with van der Waals surface area (Å²) in [6.07, 6.45) is 0. The molecule has 2 aromatic heterocycles. The van der Waals surface area contributed by atoms with Crippen LogP contribution in [0.15, 0.2) is 21.8 Å². The van der Waals surface area contributed by atoms with Gasteiger partial charge in [0.05, 0.1) is 11.4 Å². The lowest BCUT2D eigenvalue weighted by Gasteiger charge is -2.00. The summed E-state index contributed by atoms with van der Waals surface area (Å²) in [4.78, 5) is 8.09. The summed E-state index contributed by atoms with van der Waals surface area (Å²) in [7, 11) is 0. The van der Waals surface area contributed by atoms with Gasteiger partial charge in [0.1, 0.15) is 17.4 Å². The first-order valence-electron chi connectivity index (χ1n) is 4.58. The fourth-order valence-electron chi connectivity index (χ4n) is 1.15. The third-order valence-corrected chi connectivity index (χ3v) is 2.64. The molecule has 2 aromatic rings. The lowest BCUT2D eigenvalue weighted by atomic mass is 10.4. The maximum atomic E-state index is 5.55. The molecule has 0 aliphatic carbocycles. The molecule has 6 nitrogen and oxygen atoms in total. The van der Waals surface area contributed by atoms with Crippen LogP contribution in [-0.4, -0.2) is 15.1 Å². The van der Waals surface area contributed by atoms with Crippen LogP contribution in [0.1, 0.15) is 11.5 Å². The van der Waals surface area contributed by atoms with E-state index in [1.807, 2.05) is 13.0 Å². The van der Waals surface area contributed by atoms with Crippen LogP contribution in [0.5, 0.6) is 0 Å². The smallest absolute Gasteiger partial charge is 0.191 e. The Morgan fingerprint density at radius 3 is 2.50 bits per heavy atom. The number of thioether (sulfide) groups is 1. The number of nitrogens with zero attached hydrogens (tertiary/aromatic N) is 3. The Bertz CT molecular complexity index is 478. The summed E-state index contributed by atoms with van der Waals surface area (Å²) < 4.78 is 5.06. The van der Waals surface area contributed by atoms with Gasteiger partial charge in [-0.3, -0.25) is 0 Å². The molecule has 2 heterocycles. The zero-order valence-corrected chi connectivity index (χ0v) is 9.49. The first-order chi connectivity index (χ1) is 7.63. The van der Waals surface area contributed by atoms with Gasteiger partial charge in [-0.25, -0.2) is 9.97 Å². The van der Waals surface area contributed by atoms with Gasteiger partial charge in [0.15, 0.2) is 5.16 Å². The highest BCUT2D eigenvalue weighted by atomic mass is 32.2. The molecule has 0 amide bonds. The maximum absolute atomic E-state index is 5.55. The van der Waals surface area contributed by atoms with E-state index in [9.17, 15) is 0 Å². The predicted octanol–water partition coefficient (Wildman–Crippen LogP) is 1.23. The molecule has 0 aromatic carbocycles. The van der Waals surface area contributed by atoms with Crippen molar-refractivity contribution in [2.24, 2.45) is 0 Å². The SMILES string of the molecule is Cc1cc(CSc2nc(N)cc(N)n2)on1. The molecule has 0 saturated carbocycles. The van der Waals surface area contributed by atoms with Gasteiger partial charge in [-0.05, 0) is 6.92 Å². The summed E-state index contributed by atoms with van der Waals surface area (Å²) in [5.74, 6) is 2.10. The van der Waals surface area contributed by atoms with Crippen LogP contribution < -0.4 is 11.5 Å². The molecule has 7 heteroatoms. The highest BCUT2D eigenvalue weighted by Gasteiger charge is 2.05. The number of nitrogens with two attached hydrogens (primary N) is 2. The summed E-state index contributed by atoms with van der Waals surface area (Å²) in [6, 6.07) is 3.38. The van der Waals surface area contributed by atoms with Crippen molar-refractivity contribution in [3.8, 4) is 0 Å². The molecule has 0 unspecified atom stereocenters. The van der Waals surface area contributed by atoms with Gasteiger partial charge in [-0.1, -0.05) is 16.9 Å². The fourth-order valence-corrected chi connectivity index (χ4v) is 1.89. The minimum absolute atomic E-state index is 0.365. The molecule has 16 heavy (non-hydrogen) atoms. The molecule has 0 spiro atoms. The molecule has 0 aliphatic rings. The van der Waals surface area contributed by atoms with Gasteiger partial charge in [0.2, 0.25) is 0 Å². The molecular formula is C9H11N5OS. The second-order valence-electron chi connectivity index (χ2n) is 3.22. The molecule has 84 valence electrons. The van der Waals surface area contributed by atoms with Crippen molar-refractivity contribution in [3.63, 3.8) is 0 Å². The van der Waals surface area contributed by atoms with Crippen LogP contribution in [0.25, 0.3) is 0 Å². The van der Waals surface area contributed by atoms with Gasteiger partial charge < -0.3 is 16.0 Å². The lowest BCUT2D eigenvalue weighted by Crippen LogP contribution is -1.99. The van der Waals surface area contributed by atoms with Gasteiger partial charge in [-0.15, -0.1) is 0 Å². The van der Waals surface area contributed by atoms with E-state index in [0.717, 1.165) is 11.5 Å². The van der Waals surface area contributed by atoms with Crippen LogP contribution >= 0.6 is 11.8 Å². The molecule has 0 aliphatic heterocycles. The van der Waals surface area contributed by atoms with E-state index in [-0.39, 0.29) is 0 Å². The minimum atomic E-state index is 0.365. The molecule has 4 N–H and O–H groups in total. The van der Waals surface area contributed by atoms with Gasteiger partial charge in [0, 0.05) is 12.1 Å². The zero-order valence-electron chi connectivity index (χ0n) is 8.67. The first kappa shape index (κ1) is 10.7. The average molecular weight is 237 g/mol. The van der Waals surface area contributed by atoms with Crippen LogP contribution in [0.4, 0.5) is 11.6 Å². The van der Waals surface area contributed by atoms with E-state index in [4.69, 9.17) is 16.0 Å². The van der Waals surface area contributed by atoms with Crippen molar-refractivity contribution in [1.29, 1.82) is 0 Å². The molecule has 2 rings (SSSR count). The molecule has 0 fully saturated rings. The van der Waals surface area contributed by atoms with E-state index in [1.165, 1.54) is 17.8 Å². The number of hydrogen-bond acceptors (Lipinski definition) is 7. The molecule has 0 radical (unpaired) electrons. The number of aromatic nitrogens is 3. The van der Waals surface area contributed by atoms with Crippen molar-refractivity contribution in [2.75, 3.05) is 11.5 Å². The quantitative estimate of drug-likeness (QED) is 0.611. The minimum Gasteiger partial charge on any atom is -0.383 e. The topological polar surface area (TPSA) is 104 Å². The summed E-state index contributed by atoms with van der Waals surface area (Å²) in [5.41, 5.74) is 12.0. The van der Waals surface area contributed by atoms with Gasteiger partial charge in [0.25, 0.3) is 0 Å². The Balaban J connectivity index is 2.04. The molecule has 0 saturated heterocycles. The highest BCUT2D eigenvalue weighted by molar-refractivity contribution is 7.98. The Hall–Kier alpha value is -1.76. The Morgan fingerprint density at radius 1 is 1.25 bits per heavy atom. The fraction of sp³-hybridized carbons (Fsp3) is 0.222. The predicted molar refractivity (Wildman–Crippen MR) is 61.7 cm³/mol. The lowest BCUT2D eigenvalue weighted by molar-refractivity contribution is 0.391. The Labute approximate surface area is 96.4 Å². The third kappa shape index (κ3) is 2.63.